The van der Waals surface area contributed by atoms with Gasteiger partial charge in [-0.25, -0.2) is 4.79 Å². The quantitative estimate of drug-likeness (QED) is 0.430. The van der Waals surface area contributed by atoms with Gasteiger partial charge in [0.1, 0.15) is 0 Å². The molecule has 0 aromatic heterocycles. The van der Waals surface area contributed by atoms with Crippen LogP contribution in [0.1, 0.15) is 22.0 Å². The van der Waals surface area contributed by atoms with Gasteiger partial charge >= 0.3 is 11.9 Å². The zero-order valence-electron chi connectivity index (χ0n) is 10.1. The third-order valence-corrected chi connectivity index (χ3v) is 3.69. The standard InChI is InChI=1S/C14H10O5/c1-7-12(16)19-11-9-6-4-3-5-8(9)10(15)14(7,11)13(17)18-2/h3-6,11H,1H2,2H3/t11-,14-/m1/s1. The number of carbonyl (C=O) groups is 3. The molecule has 1 aliphatic heterocycles. The second kappa shape index (κ2) is 3.54. The molecule has 0 N–H and O–H groups in total. The van der Waals surface area contributed by atoms with Gasteiger partial charge in [-0.15, -0.1) is 0 Å². The Bertz CT molecular complexity index is 645. The van der Waals surface area contributed by atoms with Crippen LogP contribution in [0.5, 0.6) is 0 Å². The molecule has 1 aromatic carbocycles. The van der Waals surface area contributed by atoms with Gasteiger partial charge in [-0.3, -0.25) is 9.59 Å². The van der Waals surface area contributed by atoms with Crippen molar-refractivity contribution in [3.8, 4) is 0 Å². The van der Waals surface area contributed by atoms with Crippen molar-refractivity contribution in [1.82, 2.24) is 0 Å². The minimum absolute atomic E-state index is 0.162. The Labute approximate surface area is 108 Å². The summed E-state index contributed by atoms with van der Waals surface area (Å²) in [6.07, 6.45) is -0.969. The molecule has 0 saturated carbocycles. The molecule has 3 rings (SSSR count). The van der Waals surface area contributed by atoms with Crippen molar-refractivity contribution >= 4 is 17.7 Å². The van der Waals surface area contributed by atoms with Crippen LogP contribution < -0.4 is 0 Å². The van der Waals surface area contributed by atoms with Crippen molar-refractivity contribution in [2.24, 2.45) is 5.41 Å². The summed E-state index contributed by atoms with van der Waals surface area (Å²) in [5.41, 5.74) is -1.03. The number of hydrogen-bond acceptors (Lipinski definition) is 5. The van der Waals surface area contributed by atoms with Crippen molar-refractivity contribution in [2.45, 2.75) is 6.10 Å². The average Bonchev–Trinajstić information content (AvgIpc) is 2.83. The molecule has 1 aromatic rings. The first-order valence-electron chi connectivity index (χ1n) is 5.67. The number of ether oxygens (including phenoxy) is 2. The monoisotopic (exact) mass is 258 g/mol. The molecule has 96 valence electrons. The van der Waals surface area contributed by atoms with E-state index in [4.69, 9.17) is 9.47 Å². The SMILES string of the molecule is C=C1C(=O)O[C@@H]2c3ccccc3C(=O)[C@]12C(=O)OC. The Morgan fingerprint density at radius 1 is 1.37 bits per heavy atom. The van der Waals surface area contributed by atoms with Crippen LogP contribution in [-0.4, -0.2) is 24.8 Å². The van der Waals surface area contributed by atoms with E-state index in [1.165, 1.54) is 7.11 Å². The van der Waals surface area contributed by atoms with Crippen molar-refractivity contribution in [3.63, 3.8) is 0 Å². The smallest absolute Gasteiger partial charge is 0.335 e. The highest BCUT2D eigenvalue weighted by molar-refractivity contribution is 6.24. The summed E-state index contributed by atoms with van der Waals surface area (Å²) in [5.74, 6) is -2.04. The van der Waals surface area contributed by atoms with Crippen LogP contribution in [0.4, 0.5) is 0 Å². The summed E-state index contributed by atoms with van der Waals surface area (Å²) in [6, 6.07) is 6.66. The topological polar surface area (TPSA) is 69.7 Å². The highest BCUT2D eigenvalue weighted by Gasteiger charge is 2.68. The molecule has 2 aliphatic rings. The maximum absolute atomic E-state index is 12.6. The molecule has 5 heteroatoms. The van der Waals surface area contributed by atoms with E-state index in [0.717, 1.165) is 0 Å². The minimum Gasteiger partial charge on any atom is -0.468 e. The van der Waals surface area contributed by atoms with Gasteiger partial charge in [-0.2, -0.15) is 0 Å². The molecule has 0 unspecified atom stereocenters. The van der Waals surface area contributed by atoms with Gasteiger partial charge in [-0.1, -0.05) is 30.8 Å². The lowest BCUT2D eigenvalue weighted by molar-refractivity contribution is -0.151. The van der Waals surface area contributed by atoms with Gasteiger partial charge in [0.15, 0.2) is 11.9 Å². The van der Waals surface area contributed by atoms with E-state index in [1.807, 2.05) is 0 Å². The van der Waals surface area contributed by atoms with Gasteiger partial charge in [0, 0.05) is 11.1 Å². The molecule has 2 atom stereocenters. The molecule has 0 amide bonds. The predicted octanol–water partition coefficient (Wildman–Crippen LogP) is 1.20. The van der Waals surface area contributed by atoms with E-state index in [2.05, 4.69) is 6.58 Å². The fraction of sp³-hybridized carbons (Fsp3) is 0.214. The maximum Gasteiger partial charge on any atom is 0.335 e. The Hall–Kier alpha value is -2.43. The first kappa shape index (κ1) is 11.6. The number of rotatable bonds is 1. The zero-order valence-corrected chi connectivity index (χ0v) is 10.1. The highest BCUT2D eigenvalue weighted by Crippen LogP contribution is 2.56. The molecule has 0 spiro atoms. The number of Topliss-reactive ketones (excluding diaryl/α,β-unsaturated/α-hetero) is 1. The van der Waals surface area contributed by atoms with Crippen LogP contribution >= 0.6 is 0 Å². The van der Waals surface area contributed by atoms with E-state index in [-0.39, 0.29) is 5.57 Å². The summed E-state index contributed by atoms with van der Waals surface area (Å²) in [7, 11) is 1.17. The van der Waals surface area contributed by atoms with Gasteiger partial charge in [0.2, 0.25) is 5.41 Å². The van der Waals surface area contributed by atoms with Crippen molar-refractivity contribution in [2.75, 3.05) is 7.11 Å². The molecule has 1 heterocycles. The lowest BCUT2D eigenvalue weighted by Gasteiger charge is -2.21. The fourth-order valence-electron chi connectivity index (χ4n) is 2.77. The Morgan fingerprint density at radius 2 is 2.05 bits per heavy atom. The summed E-state index contributed by atoms with van der Waals surface area (Å²) in [4.78, 5) is 36.4. The fourth-order valence-corrected chi connectivity index (χ4v) is 2.77. The maximum atomic E-state index is 12.6. The van der Waals surface area contributed by atoms with Crippen LogP contribution in [0.3, 0.4) is 0 Å². The molecule has 19 heavy (non-hydrogen) atoms. The largest absolute Gasteiger partial charge is 0.468 e. The number of hydrogen-bond donors (Lipinski definition) is 0. The molecule has 1 aliphatic carbocycles. The van der Waals surface area contributed by atoms with E-state index in [9.17, 15) is 14.4 Å². The summed E-state index contributed by atoms with van der Waals surface area (Å²) in [5, 5.41) is 0. The van der Waals surface area contributed by atoms with Gasteiger partial charge in [0.05, 0.1) is 12.7 Å². The molecule has 0 bridgehead atoms. The molecule has 1 saturated heterocycles. The number of benzene rings is 1. The van der Waals surface area contributed by atoms with Crippen LogP contribution in [0.25, 0.3) is 0 Å². The average molecular weight is 258 g/mol. The van der Waals surface area contributed by atoms with E-state index in [0.29, 0.717) is 11.1 Å². The Kier molecular flexibility index (Phi) is 2.17. The molecular formula is C14H10O5. The highest BCUT2D eigenvalue weighted by atomic mass is 16.6. The van der Waals surface area contributed by atoms with Crippen LogP contribution in [-0.2, 0) is 19.1 Å². The second-order valence-corrected chi connectivity index (χ2v) is 4.48. The van der Waals surface area contributed by atoms with Crippen LogP contribution in [0, 0.1) is 5.41 Å². The van der Waals surface area contributed by atoms with Crippen molar-refractivity contribution < 1.29 is 23.9 Å². The first-order valence-corrected chi connectivity index (χ1v) is 5.67. The van der Waals surface area contributed by atoms with E-state index >= 15 is 0 Å². The van der Waals surface area contributed by atoms with E-state index < -0.39 is 29.2 Å². The molecular weight excluding hydrogens is 248 g/mol. The van der Waals surface area contributed by atoms with Gasteiger partial charge in [-0.05, 0) is 0 Å². The third kappa shape index (κ3) is 1.12. The number of methoxy groups -OCH3 is 1. The number of esters is 2. The van der Waals surface area contributed by atoms with Crippen molar-refractivity contribution in [3.05, 3.63) is 47.5 Å². The summed E-state index contributed by atoms with van der Waals surface area (Å²) >= 11 is 0. The first-order chi connectivity index (χ1) is 9.05. The molecule has 1 fully saturated rings. The third-order valence-electron chi connectivity index (χ3n) is 3.69. The molecule has 0 radical (unpaired) electrons. The number of fused-ring (bicyclic) bond motifs is 3. The van der Waals surface area contributed by atoms with Crippen LogP contribution in [0.2, 0.25) is 0 Å². The number of carbonyl (C=O) groups excluding carboxylic acids is 3. The Morgan fingerprint density at radius 3 is 2.74 bits per heavy atom. The van der Waals surface area contributed by atoms with Gasteiger partial charge in [0.25, 0.3) is 0 Å². The van der Waals surface area contributed by atoms with E-state index in [1.54, 1.807) is 24.3 Å². The Balaban J connectivity index is 2.30. The predicted molar refractivity (Wildman–Crippen MR) is 63.2 cm³/mol. The summed E-state index contributed by atoms with van der Waals surface area (Å²) in [6.45, 7) is 3.56. The second-order valence-electron chi connectivity index (χ2n) is 4.48. The zero-order chi connectivity index (χ0) is 13.8. The lowest BCUT2D eigenvalue weighted by atomic mass is 9.77. The van der Waals surface area contributed by atoms with Crippen LogP contribution in [0.15, 0.2) is 36.4 Å². The van der Waals surface area contributed by atoms with Crippen molar-refractivity contribution in [1.29, 1.82) is 0 Å². The lowest BCUT2D eigenvalue weighted by Crippen LogP contribution is -2.39. The summed E-state index contributed by atoms with van der Waals surface area (Å²) < 4.78 is 9.87. The molecule has 5 nitrogen and oxygen atoms in total. The van der Waals surface area contributed by atoms with Gasteiger partial charge < -0.3 is 9.47 Å². The normalized spacial score (nSPS) is 27.8. The number of ketones is 1. The minimum atomic E-state index is -1.75.